The molecule has 0 aromatic heterocycles. The monoisotopic (exact) mass is 1750 g/mol. The number of imide groups is 1. The van der Waals surface area contributed by atoms with Crippen molar-refractivity contribution in [2.75, 3.05) is 57.9 Å². The van der Waals surface area contributed by atoms with Crippen molar-refractivity contribution < 1.29 is 136 Å². The van der Waals surface area contributed by atoms with Crippen LogP contribution in [0, 0.1) is 29.6 Å². The van der Waals surface area contributed by atoms with E-state index in [1.165, 1.54) is 23.6 Å². The molecular weight excluding hydrogens is 1630 g/mol. The Kier molecular flexibility index (Phi) is 49.7. The molecular formula is C78H119N15O28S. The van der Waals surface area contributed by atoms with Crippen molar-refractivity contribution in [1.82, 2.24) is 47.0 Å². The molecule has 10 amide bonds. The molecule has 0 spiro atoms. The van der Waals surface area contributed by atoms with Gasteiger partial charge in [0.05, 0.1) is 42.8 Å². The summed E-state index contributed by atoms with van der Waals surface area (Å²) < 4.78 is 5.60. The Morgan fingerprint density at radius 1 is 0.492 bits per heavy atom. The van der Waals surface area contributed by atoms with E-state index in [1.54, 1.807) is 27.0 Å². The van der Waals surface area contributed by atoms with Crippen LogP contribution < -0.4 is 60.2 Å². The fourth-order valence-electron chi connectivity index (χ4n) is 13.1. The van der Waals surface area contributed by atoms with E-state index in [4.69, 9.17) is 27.7 Å². The Labute approximate surface area is 708 Å². The van der Waals surface area contributed by atoms with Gasteiger partial charge in [0.25, 0.3) is 11.8 Å². The number of aliphatic imine (C=N–C) groups is 2. The van der Waals surface area contributed by atoms with Crippen LogP contribution in [0.2, 0.25) is 0 Å². The van der Waals surface area contributed by atoms with Gasteiger partial charge in [0.15, 0.2) is 52.4 Å². The van der Waals surface area contributed by atoms with Crippen LogP contribution in [0.1, 0.15) is 201 Å². The normalized spacial score (nSPS) is 15.4. The van der Waals surface area contributed by atoms with E-state index in [-0.39, 0.29) is 120 Å². The number of aliphatic carboxylic acids is 5. The zero-order valence-corrected chi connectivity index (χ0v) is 70.3. The standard InChI is InChI=1S/C78H119N15O28S/c1-6-56(95)49(12-8-31-84-78(81)82)88-73(117)45(11-7-30-83-77(79)80)37-48(94)40-85-72(116)44(4)36-59(98)54(42-122-5)87-62(101)21-20-58(97)53(35-43(2)3)91-76(120)55-13-9-32-92(55)66(105)41-121-34-10-14-57(96)50(17-26-69(110)111)89-74(118)47(16-25-68(108)109)39-61(100)52(19-28-71(114)115)90-75(119)46(15-24-67(106)107)38-60(99)51(18-27-70(112)113)86-63(102)29-33-93-64(103)22-23-65(93)104/h22-23,43-47,49-55H,6-21,24-42H2,1-5H3,(H,85,116)(H,86,102)(H,87,101)(H,88,117)(H,89,118)(H,90,119)(H,91,120)(H,106,107)(H,108,109)(H,110,111)(H,112,113)(H,114,115)(H4,79,80,83)(H4,81,82,84)/t44-,45+,46+,47+,49-,50-,51-,52-,53+,54+,55+/m1/s1. The van der Waals surface area contributed by atoms with E-state index in [0.29, 0.717) is 12.8 Å². The number of carboxylic acids is 5. The molecule has 0 radical (unpaired) electrons. The van der Waals surface area contributed by atoms with Crippen molar-refractivity contribution in [2.24, 2.45) is 62.5 Å². The van der Waals surface area contributed by atoms with Crippen LogP contribution in [0.5, 0.6) is 0 Å². The first-order valence-corrected chi connectivity index (χ1v) is 41.7. The summed E-state index contributed by atoms with van der Waals surface area (Å²) in [5.41, 5.74) is 21.7. The fraction of sp³-hybridized carbons (Fsp3) is 0.667. The summed E-state index contributed by atoms with van der Waals surface area (Å²) in [6.07, 6.45) is -5.93. The smallest absolute Gasteiger partial charge is 0.303 e. The molecule has 20 N–H and O–H groups in total. The van der Waals surface area contributed by atoms with Gasteiger partial charge in [-0.25, -0.2) is 0 Å². The van der Waals surface area contributed by atoms with Crippen LogP contribution in [-0.2, 0) is 110 Å². The van der Waals surface area contributed by atoms with Gasteiger partial charge in [0.1, 0.15) is 12.6 Å². The average Bonchev–Trinajstić information content (AvgIpc) is 1.67. The van der Waals surface area contributed by atoms with Crippen molar-refractivity contribution in [3.05, 3.63) is 12.2 Å². The quantitative estimate of drug-likeness (QED) is 0.0138. The largest absolute Gasteiger partial charge is 0.481 e. The first-order chi connectivity index (χ1) is 57.5. The minimum Gasteiger partial charge on any atom is -0.481 e. The van der Waals surface area contributed by atoms with Crippen LogP contribution >= 0.6 is 11.8 Å². The number of ether oxygens (including phenoxy) is 1. The number of carbonyl (C=O) groups is 22. The van der Waals surface area contributed by atoms with E-state index in [0.717, 1.165) is 17.1 Å². The molecule has 2 rings (SSSR count). The third-order valence-electron chi connectivity index (χ3n) is 19.7. The average molecular weight is 1750 g/mol. The first kappa shape index (κ1) is 107. The number of likely N-dealkylation sites (tertiary alicyclic amines) is 1. The van der Waals surface area contributed by atoms with Crippen molar-refractivity contribution in [1.29, 1.82) is 0 Å². The number of nitrogens with one attached hydrogen (secondary N) is 7. The molecule has 1 fully saturated rings. The molecule has 680 valence electrons. The number of rotatable bonds is 67. The Bertz CT molecular complexity index is 3810. The Morgan fingerprint density at radius 2 is 0.934 bits per heavy atom. The number of hydrogen-bond acceptors (Lipinski definition) is 26. The van der Waals surface area contributed by atoms with E-state index < -0.39 is 306 Å². The SMILES string of the molecule is CCC(=O)[C@@H](CCCN=C(N)N)NC(=O)[C@@H](CCCN=C(N)N)CC(=O)CNC(=O)[C@H](C)CC(=O)[C@H](CSC)NC(=O)CCC(=O)[C@H](CC(C)C)NC(=O)[C@@H]1CCCN1C(=O)COCCCC(=O)[C@@H](CCC(=O)O)NC(=O)[C@@H](CCC(=O)O)CC(=O)[C@@H](CCC(=O)O)NC(=O)[C@@H](CCC(=O)O)CC(=O)[C@@H](CCC(=O)O)NC(=O)CCN1C(=O)C=CC1=O. The number of carboxylic acid groups (broad SMARTS) is 5. The van der Waals surface area contributed by atoms with E-state index in [9.17, 15) is 131 Å². The number of thioether (sulfide) groups is 1. The summed E-state index contributed by atoms with van der Waals surface area (Å²) in [6.45, 7) is 5.25. The summed E-state index contributed by atoms with van der Waals surface area (Å²) in [7, 11) is 0. The lowest BCUT2D eigenvalue weighted by atomic mass is 9.89. The Hall–Kier alpha value is -11.5. The molecule has 0 aromatic rings. The molecule has 11 atom stereocenters. The highest BCUT2D eigenvalue weighted by Gasteiger charge is 2.39. The van der Waals surface area contributed by atoms with Crippen molar-refractivity contribution in [3.63, 3.8) is 0 Å². The number of ketones is 7. The number of hydrogen-bond donors (Lipinski definition) is 16. The highest BCUT2D eigenvalue weighted by Crippen LogP contribution is 2.24. The van der Waals surface area contributed by atoms with Gasteiger partial charge in [0.2, 0.25) is 47.3 Å². The van der Waals surface area contributed by atoms with E-state index in [2.05, 4.69) is 47.2 Å². The van der Waals surface area contributed by atoms with Gasteiger partial charge in [-0.3, -0.25) is 120 Å². The van der Waals surface area contributed by atoms with Gasteiger partial charge in [-0.1, -0.05) is 27.7 Å². The van der Waals surface area contributed by atoms with Crippen LogP contribution in [0.25, 0.3) is 0 Å². The molecule has 2 aliphatic heterocycles. The third kappa shape index (κ3) is 43.2. The van der Waals surface area contributed by atoms with Gasteiger partial charge in [-0.2, -0.15) is 11.8 Å². The van der Waals surface area contributed by atoms with Crippen LogP contribution in [0.3, 0.4) is 0 Å². The molecule has 122 heavy (non-hydrogen) atoms. The Morgan fingerprint density at radius 3 is 1.42 bits per heavy atom. The molecule has 0 unspecified atom stereocenters. The minimum absolute atomic E-state index is 0.0789. The maximum absolute atomic E-state index is 14.2. The highest BCUT2D eigenvalue weighted by atomic mass is 32.2. The van der Waals surface area contributed by atoms with E-state index in [1.807, 2.05) is 0 Å². The number of Topliss-reactive ketones (excluding diaryl/α,β-unsaturated/α-hetero) is 7. The molecule has 2 aliphatic rings. The lowest BCUT2D eigenvalue weighted by Crippen LogP contribution is -2.52. The lowest BCUT2D eigenvalue weighted by Gasteiger charge is -2.27. The first-order valence-electron chi connectivity index (χ1n) is 40.3. The summed E-state index contributed by atoms with van der Waals surface area (Å²) in [5, 5.41) is 65.3. The van der Waals surface area contributed by atoms with Gasteiger partial charge in [-0.15, -0.1) is 0 Å². The topological polar surface area (TPSA) is 705 Å². The van der Waals surface area contributed by atoms with Crippen LogP contribution in [0.4, 0.5) is 0 Å². The van der Waals surface area contributed by atoms with Crippen LogP contribution in [-0.4, -0.2) is 277 Å². The fourth-order valence-corrected chi connectivity index (χ4v) is 13.7. The third-order valence-corrected chi connectivity index (χ3v) is 20.4. The van der Waals surface area contributed by atoms with Crippen molar-refractivity contribution in [2.45, 2.75) is 243 Å². The maximum Gasteiger partial charge on any atom is 0.303 e. The maximum atomic E-state index is 14.2. The molecule has 44 heteroatoms. The van der Waals surface area contributed by atoms with Crippen molar-refractivity contribution in [3.8, 4) is 0 Å². The van der Waals surface area contributed by atoms with Gasteiger partial charge >= 0.3 is 29.8 Å². The summed E-state index contributed by atoms with van der Waals surface area (Å²) in [6, 6.07) is -9.27. The van der Waals surface area contributed by atoms with Crippen LogP contribution in [0.15, 0.2) is 22.1 Å². The summed E-state index contributed by atoms with van der Waals surface area (Å²) in [4.78, 5) is 297. The number of guanidine groups is 2. The number of nitrogens with two attached hydrogens (primary N) is 4. The Balaban J connectivity index is 2.14. The zero-order valence-electron chi connectivity index (χ0n) is 69.5. The zero-order chi connectivity index (χ0) is 91.9. The number of nitrogens with zero attached hydrogens (tertiary/aromatic N) is 4. The second kappa shape index (κ2) is 56.9. The molecule has 0 aliphatic carbocycles. The van der Waals surface area contributed by atoms with Gasteiger partial charge < -0.3 is 95.3 Å². The highest BCUT2D eigenvalue weighted by molar-refractivity contribution is 7.98. The minimum atomic E-state index is -1.84. The van der Waals surface area contributed by atoms with Gasteiger partial charge in [-0.05, 0) is 95.6 Å². The molecule has 0 aromatic carbocycles. The molecule has 0 bridgehead atoms. The van der Waals surface area contributed by atoms with Crippen molar-refractivity contribution >= 4 is 153 Å². The predicted molar refractivity (Wildman–Crippen MR) is 435 cm³/mol. The second-order valence-electron chi connectivity index (χ2n) is 30.2. The molecule has 2 heterocycles. The predicted octanol–water partition coefficient (Wildman–Crippen LogP) is -1.83. The van der Waals surface area contributed by atoms with E-state index >= 15 is 0 Å². The molecule has 0 saturated carbocycles. The van der Waals surface area contributed by atoms with Gasteiger partial charge in [0, 0.05) is 164 Å². The number of carbonyl (C=O) groups excluding carboxylic acids is 17. The second-order valence-corrected chi connectivity index (χ2v) is 31.1. The lowest BCUT2D eigenvalue weighted by molar-refractivity contribution is -0.142. The number of amides is 10. The summed E-state index contributed by atoms with van der Waals surface area (Å²) in [5.74, 6) is -25.7. The molecule has 43 nitrogen and oxygen atoms in total. The molecule has 1 saturated heterocycles. The summed E-state index contributed by atoms with van der Waals surface area (Å²) >= 11 is 1.21.